The first-order chi connectivity index (χ1) is 7.24. The van der Waals surface area contributed by atoms with Gasteiger partial charge in [0.15, 0.2) is 0 Å². The lowest BCUT2D eigenvalue weighted by atomic mass is 10.3. The van der Waals surface area contributed by atoms with Gasteiger partial charge in [-0.1, -0.05) is 11.6 Å². The Morgan fingerprint density at radius 2 is 2.07 bits per heavy atom. The minimum absolute atomic E-state index is 0.0215. The van der Waals surface area contributed by atoms with E-state index in [0.29, 0.717) is 36.3 Å². The summed E-state index contributed by atoms with van der Waals surface area (Å²) in [4.78, 5) is 0. The van der Waals surface area contributed by atoms with E-state index in [-0.39, 0.29) is 6.61 Å². The van der Waals surface area contributed by atoms with Crippen LogP contribution in [0, 0.1) is 0 Å². The fraction of sp³-hybridized carbons (Fsp3) is 0.400. The molecule has 0 amide bonds. The smallest absolute Gasteiger partial charge is 0.121 e. The zero-order valence-corrected chi connectivity index (χ0v) is 9.04. The maximum atomic E-state index is 8.45. The van der Waals surface area contributed by atoms with E-state index in [9.17, 15) is 0 Å². The summed E-state index contributed by atoms with van der Waals surface area (Å²) < 4.78 is 10.4. The zero-order chi connectivity index (χ0) is 11.1. The molecule has 1 aromatic carbocycles. The molecule has 4 nitrogen and oxygen atoms in total. The van der Waals surface area contributed by atoms with Crippen LogP contribution in [0.25, 0.3) is 0 Å². The van der Waals surface area contributed by atoms with E-state index in [4.69, 9.17) is 31.9 Å². The average molecular weight is 232 g/mol. The number of anilines is 1. The van der Waals surface area contributed by atoms with Crippen LogP contribution in [0.15, 0.2) is 18.2 Å². The summed E-state index contributed by atoms with van der Waals surface area (Å²) >= 11 is 5.81. The summed E-state index contributed by atoms with van der Waals surface area (Å²) in [5.41, 5.74) is 6.07. The van der Waals surface area contributed by atoms with Crippen molar-refractivity contribution in [2.75, 3.05) is 32.2 Å². The first kappa shape index (κ1) is 12.1. The number of hydrogen-bond donors (Lipinski definition) is 2. The van der Waals surface area contributed by atoms with Crippen LogP contribution in [0.4, 0.5) is 5.69 Å². The topological polar surface area (TPSA) is 64.7 Å². The molecule has 0 spiro atoms. The van der Waals surface area contributed by atoms with Crippen LogP contribution in [-0.4, -0.2) is 31.5 Å². The minimum atomic E-state index is 0.0215. The molecule has 0 aromatic heterocycles. The summed E-state index contributed by atoms with van der Waals surface area (Å²) in [6, 6.07) is 5.09. The summed E-state index contributed by atoms with van der Waals surface area (Å²) in [5.74, 6) is 0.654. The predicted molar refractivity (Wildman–Crippen MR) is 59.3 cm³/mol. The Bertz CT molecular complexity index is 307. The summed E-state index contributed by atoms with van der Waals surface area (Å²) in [5, 5.41) is 8.93. The van der Waals surface area contributed by atoms with Gasteiger partial charge in [-0.25, -0.2) is 0 Å². The van der Waals surface area contributed by atoms with Gasteiger partial charge in [-0.05, 0) is 12.1 Å². The molecule has 0 aliphatic carbocycles. The Morgan fingerprint density at radius 3 is 2.73 bits per heavy atom. The third-order valence-corrected chi connectivity index (χ3v) is 2.03. The van der Waals surface area contributed by atoms with Crippen molar-refractivity contribution in [1.29, 1.82) is 0 Å². The quantitative estimate of drug-likeness (QED) is 0.572. The molecule has 1 rings (SSSR count). The van der Waals surface area contributed by atoms with Crippen LogP contribution in [0.1, 0.15) is 0 Å². The molecule has 1 aromatic rings. The molecular weight excluding hydrogens is 218 g/mol. The molecule has 0 radical (unpaired) electrons. The monoisotopic (exact) mass is 231 g/mol. The lowest BCUT2D eigenvalue weighted by molar-refractivity contribution is 0.0705. The van der Waals surface area contributed by atoms with E-state index in [1.807, 2.05) is 0 Å². The molecule has 0 saturated heterocycles. The second-order valence-corrected chi connectivity index (χ2v) is 3.27. The number of aliphatic hydroxyl groups is 1. The third kappa shape index (κ3) is 4.38. The number of hydrogen-bond acceptors (Lipinski definition) is 4. The fourth-order valence-electron chi connectivity index (χ4n) is 0.983. The van der Waals surface area contributed by atoms with Crippen molar-refractivity contribution in [3.8, 4) is 5.75 Å². The van der Waals surface area contributed by atoms with Gasteiger partial charge in [0.1, 0.15) is 12.4 Å². The van der Waals surface area contributed by atoms with Crippen molar-refractivity contribution in [2.45, 2.75) is 0 Å². The van der Waals surface area contributed by atoms with Crippen LogP contribution >= 0.6 is 11.6 Å². The molecule has 84 valence electrons. The highest BCUT2D eigenvalue weighted by Crippen LogP contribution is 2.23. The Labute approximate surface area is 93.6 Å². The minimum Gasteiger partial charge on any atom is -0.491 e. The molecule has 0 aliphatic rings. The lowest BCUT2D eigenvalue weighted by Gasteiger charge is -2.07. The van der Waals surface area contributed by atoms with Gasteiger partial charge in [0.05, 0.1) is 30.5 Å². The van der Waals surface area contributed by atoms with E-state index in [1.165, 1.54) is 0 Å². The van der Waals surface area contributed by atoms with Crippen LogP contribution in [0.2, 0.25) is 5.02 Å². The zero-order valence-electron chi connectivity index (χ0n) is 8.28. The maximum absolute atomic E-state index is 8.45. The number of benzene rings is 1. The fourth-order valence-corrected chi connectivity index (χ4v) is 1.15. The van der Waals surface area contributed by atoms with Gasteiger partial charge in [-0.3, -0.25) is 0 Å². The number of nitrogen functional groups attached to an aromatic ring is 1. The SMILES string of the molecule is Nc1ccc(OCCOCCO)cc1Cl. The third-order valence-electron chi connectivity index (χ3n) is 1.70. The molecule has 0 atom stereocenters. The van der Waals surface area contributed by atoms with Crippen LogP contribution in [0.3, 0.4) is 0 Å². The molecule has 0 bridgehead atoms. The van der Waals surface area contributed by atoms with Gasteiger partial charge in [0, 0.05) is 6.07 Å². The highest BCUT2D eigenvalue weighted by molar-refractivity contribution is 6.33. The van der Waals surface area contributed by atoms with Crippen molar-refractivity contribution in [3.63, 3.8) is 0 Å². The van der Waals surface area contributed by atoms with Crippen molar-refractivity contribution >= 4 is 17.3 Å². The molecule has 15 heavy (non-hydrogen) atoms. The van der Waals surface area contributed by atoms with E-state index in [0.717, 1.165) is 0 Å². The van der Waals surface area contributed by atoms with Crippen molar-refractivity contribution in [1.82, 2.24) is 0 Å². The largest absolute Gasteiger partial charge is 0.491 e. The van der Waals surface area contributed by atoms with Gasteiger partial charge in [0.25, 0.3) is 0 Å². The van der Waals surface area contributed by atoms with Gasteiger partial charge < -0.3 is 20.3 Å². The molecule has 0 saturated carbocycles. The number of aliphatic hydroxyl groups excluding tert-OH is 1. The molecular formula is C10H14ClNO3. The Hall–Kier alpha value is -0.970. The number of nitrogens with two attached hydrogens (primary N) is 1. The van der Waals surface area contributed by atoms with Crippen LogP contribution < -0.4 is 10.5 Å². The molecule has 0 aliphatic heterocycles. The summed E-state index contributed by atoms with van der Waals surface area (Å²) in [7, 11) is 0. The number of ether oxygens (including phenoxy) is 2. The molecule has 0 fully saturated rings. The number of rotatable bonds is 6. The predicted octanol–water partition coefficient (Wildman–Crippen LogP) is 1.31. The van der Waals surface area contributed by atoms with Crippen molar-refractivity contribution < 1.29 is 14.6 Å². The summed E-state index contributed by atoms with van der Waals surface area (Å²) in [6.45, 7) is 1.20. The summed E-state index contributed by atoms with van der Waals surface area (Å²) in [6.07, 6.45) is 0. The maximum Gasteiger partial charge on any atom is 0.121 e. The average Bonchev–Trinajstić information content (AvgIpc) is 2.23. The van der Waals surface area contributed by atoms with Crippen molar-refractivity contribution in [2.24, 2.45) is 0 Å². The molecule has 0 heterocycles. The molecule has 3 N–H and O–H groups in total. The van der Waals surface area contributed by atoms with Crippen molar-refractivity contribution in [3.05, 3.63) is 23.2 Å². The lowest BCUT2D eigenvalue weighted by Crippen LogP contribution is -2.09. The van der Waals surface area contributed by atoms with E-state index < -0.39 is 0 Å². The van der Waals surface area contributed by atoms with Crippen LogP contribution in [-0.2, 0) is 4.74 Å². The standard InChI is InChI=1S/C10H14ClNO3/c11-9-7-8(1-2-10(9)12)15-6-5-14-4-3-13/h1-2,7,13H,3-6,12H2. The van der Waals surface area contributed by atoms with E-state index >= 15 is 0 Å². The van der Waals surface area contributed by atoms with Gasteiger partial charge in [0.2, 0.25) is 0 Å². The molecule has 0 unspecified atom stereocenters. The first-order valence-corrected chi connectivity index (χ1v) is 4.98. The Morgan fingerprint density at radius 1 is 1.27 bits per heavy atom. The van der Waals surface area contributed by atoms with Gasteiger partial charge in [-0.2, -0.15) is 0 Å². The Balaban J connectivity index is 2.28. The van der Waals surface area contributed by atoms with Gasteiger partial charge in [-0.15, -0.1) is 0 Å². The van der Waals surface area contributed by atoms with E-state index in [2.05, 4.69) is 0 Å². The second-order valence-electron chi connectivity index (χ2n) is 2.87. The van der Waals surface area contributed by atoms with Crippen LogP contribution in [0.5, 0.6) is 5.75 Å². The van der Waals surface area contributed by atoms with Gasteiger partial charge >= 0.3 is 0 Å². The highest BCUT2D eigenvalue weighted by Gasteiger charge is 1.98. The van der Waals surface area contributed by atoms with E-state index in [1.54, 1.807) is 18.2 Å². The Kier molecular flexibility index (Phi) is 5.25. The second kappa shape index (κ2) is 6.50. The molecule has 5 heteroatoms. The number of halogens is 1. The normalized spacial score (nSPS) is 10.3. The first-order valence-electron chi connectivity index (χ1n) is 4.60. The highest BCUT2D eigenvalue weighted by atomic mass is 35.5.